The molecule has 0 spiro atoms. The minimum atomic E-state index is -3.24. The molecule has 2 aromatic carbocycles. The molecule has 7 heteroatoms. The highest BCUT2D eigenvalue weighted by Crippen LogP contribution is 2.17. The Labute approximate surface area is 126 Å². The normalized spacial score (nSPS) is 11.5. The summed E-state index contributed by atoms with van der Waals surface area (Å²) < 4.78 is 22.8. The first-order chi connectivity index (χ1) is 10.4. The Kier molecular flexibility index (Phi) is 3.42. The zero-order chi connectivity index (χ0) is 15.7. The number of sulfone groups is 1. The summed E-state index contributed by atoms with van der Waals surface area (Å²) in [7, 11) is -3.24. The Bertz CT molecular complexity index is 992. The lowest BCUT2D eigenvalue weighted by molar-refractivity contribution is 0.602. The van der Waals surface area contributed by atoms with Crippen LogP contribution < -0.4 is 10.9 Å². The molecule has 0 saturated heterocycles. The number of aromatic amines is 1. The van der Waals surface area contributed by atoms with Gasteiger partial charge >= 0.3 is 0 Å². The highest BCUT2D eigenvalue weighted by Gasteiger charge is 2.08. The molecular weight excluding hydrogens is 302 g/mol. The molecule has 2 N–H and O–H groups in total. The summed E-state index contributed by atoms with van der Waals surface area (Å²) in [4.78, 5) is 19.2. The first-order valence-corrected chi connectivity index (χ1v) is 8.39. The van der Waals surface area contributed by atoms with Gasteiger partial charge in [-0.3, -0.25) is 4.79 Å². The highest BCUT2D eigenvalue weighted by molar-refractivity contribution is 7.90. The Hall–Kier alpha value is -2.67. The maximum Gasteiger partial charge on any atom is 0.291 e. The van der Waals surface area contributed by atoms with Gasteiger partial charge in [0, 0.05) is 11.9 Å². The van der Waals surface area contributed by atoms with Crippen molar-refractivity contribution in [3.8, 4) is 0 Å². The molecule has 112 valence electrons. The fourth-order valence-electron chi connectivity index (χ4n) is 2.04. The number of H-pyrrole nitrogens is 1. The number of aromatic nitrogens is 2. The summed E-state index contributed by atoms with van der Waals surface area (Å²) >= 11 is 0. The van der Waals surface area contributed by atoms with Crippen LogP contribution in [0.15, 0.2) is 58.2 Å². The van der Waals surface area contributed by atoms with Gasteiger partial charge < -0.3 is 10.3 Å². The van der Waals surface area contributed by atoms with Crippen LogP contribution in [-0.2, 0) is 9.84 Å². The molecule has 0 saturated carbocycles. The molecule has 0 unspecified atom stereocenters. The third-order valence-electron chi connectivity index (χ3n) is 3.14. The minimum absolute atomic E-state index is 0.158. The van der Waals surface area contributed by atoms with Crippen LogP contribution in [0.3, 0.4) is 0 Å². The predicted molar refractivity (Wildman–Crippen MR) is 85.2 cm³/mol. The maximum atomic E-state index is 12.0. The lowest BCUT2D eigenvalue weighted by Crippen LogP contribution is -2.13. The van der Waals surface area contributed by atoms with Gasteiger partial charge in [-0.05, 0) is 36.4 Å². The van der Waals surface area contributed by atoms with Crippen LogP contribution >= 0.6 is 0 Å². The van der Waals surface area contributed by atoms with E-state index in [0.29, 0.717) is 16.7 Å². The highest BCUT2D eigenvalue weighted by atomic mass is 32.2. The van der Waals surface area contributed by atoms with Crippen LogP contribution in [0, 0.1) is 0 Å². The van der Waals surface area contributed by atoms with E-state index in [1.54, 1.807) is 24.3 Å². The van der Waals surface area contributed by atoms with Crippen molar-refractivity contribution in [2.24, 2.45) is 0 Å². The first kappa shape index (κ1) is 14.3. The van der Waals surface area contributed by atoms with Crippen molar-refractivity contribution in [1.29, 1.82) is 0 Å². The van der Waals surface area contributed by atoms with Gasteiger partial charge in [-0.15, -0.1) is 0 Å². The van der Waals surface area contributed by atoms with Crippen molar-refractivity contribution in [3.63, 3.8) is 0 Å². The number of nitrogens with one attached hydrogen (secondary N) is 2. The quantitative estimate of drug-likeness (QED) is 0.772. The molecule has 0 fully saturated rings. The largest absolute Gasteiger partial charge is 0.336 e. The summed E-state index contributed by atoms with van der Waals surface area (Å²) in [6.45, 7) is 0. The van der Waals surface area contributed by atoms with E-state index in [0.717, 1.165) is 6.26 Å². The average Bonchev–Trinajstić information content (AvgIpc) is 2.48. The third-order valence-corrected chi connectivity index (χ3v) is 4.27. The SMILES string of the molecule is CS(=O)(=O)c1ccc(Nc2nc3ccccc3[nH]c2=O)cc1. The number of hydrogen-bond donors (Lipinski definition) is 2. The molecule has 0 radical (unpaired) electrons. The van der Waals surface area contributed by atoms with Crippen LogP contribution in [-0.4, -0.2) is 24.6 Å². The van der Waals surface area contributed by atoms with Gasteiger partial charge in [-0.25, -0.2) is 13.4 Å². The van der Waals surface area contributed by atoms with E-state index in [2.05, 4.69) is 15.3 Å². The van der Waals surface area contributed by atoms with E-state index < -0.39 is 9.84 Å². The van der Waals surface area contributed by atoms with Gasteiger partial charge in [0.2, 0.25) is 0 Å². The molecule has 22 heavy (non-hydrogen) atoms. The van der Waals surface area contributed by atoms with E-state index in [9.17, 15) is 13.2 Å². The van der Waals surface area contributed by atoms with Crippen molar-refractivity contribution < 1.29 is 8.42 Å². The number of hydrogen-bond acceptors (Lipinski definition) is 5. The van der Waals surface area contributed by atoms with Gasteiger partial charge in [-0.1, -0.05) is 12.1 Å². The molecule has 6 nitrogen and oxygen atoms in total. The van der Waals surface area contributed by atoms with E-state index in [1.165, 1.54) is 12.1 Å². The van der Waals surface area contributed by atoms with E-state index in [-0.39, 0.29) is 16.3 Å². The minimum Gasteiger partial charge on any atom is -0.336 e. The molecule has 3 aromatic rings. The van der Waals surface area contributed by atoms with Crippen LogP contribution in [0.25, 0.3) is 11.0 Å². The molecule has 3 rings (SSSR count). The maximum absolute atomic E-state index is 12.0. The van der Waals surface area contributed by atoms with Crippen LogP contribution in [0.1, 0.15) is 0 Å². The number of benzene rings is 2. The molecule has 0 bridgehead atoms. The zero-order valence-electron chi connectivity index (χ0n) is 11.7. The average molecular weight is 315 g/mol. The zero-order valence-corrected chi connectivity index (χ0v) is 12.5. The molecule has 0 aliphatic rings. The van der Waals surface area contributed by atoms with Crippen molar-refractivity contribution in [1.82, 2.24) is 9.97 Å². The standard InChI is InChI=1S/C15H13N3O3S/c1-22(20,21)11-8-6-10(7-9-11)16-14-15(19)18-13-5-3-2-4-12(13)17-14/h2-9H,1H3,(H,16,17)(H,18,19). The Morgan fingerprint density at radius 1 is 1.05 bits per heavy atom. The fourth-order valence-corrected chi connectivity index (χ4v) is 2.67. The van der Waals surface area contributed by atoms with E-state index in [4.69, 9.17) is 0 Å². The molecule has 0 amide bonds. The predicted octanol–water partition coefficient (Wildman–Crippen LogP) is 2.07. The molecule has 0 atom stereocenters. The van der Waals surface area contributed by atoms with E-state index in [1.807, 2.05) is 12.1 Å². The fraction of sp³-hybridized carbons (Fsp3) is 0.0667. The topological polar surface area (TPSA) is 91.9 Å². The smallest absolute Gasteiger partial charge is 0.291 e. The van der Waals surface area contributed by atoms with Crippen molar-refractivity contribution >= 4 is 32.4 Å². The Morgan fingerprint density at radius 2 is 1.73 bits per heavy atom. The summed E-state index contributed by atoms with van der Waals surface area (Å²) in [5.74, 6) is 0.158. The van der Waals surface area contributed by atoms with Gasteiger partial charge in [0.15, 0.2) is 15.7 Å². The lowest BCUT2D eigenvalue weighted by atomic mass is 10.3. The monoisotopic (exact) mass is 315 g/mol. The summed E-state index contributed by atoms with van der Waals surface area (Å²) in [5.41, 5.74) is 1.56. The van der Waals surface area contributed by atoms with Crippen molar-refractivity contribution in [2.45, 2.75) is 4.90 Å². The number of rotatable bonds is 3. The molecule has 1 aromatic heterocycles. The van der Waals surface area contributed by atoms with Gasteiger partial charge in [0.05, 0.1) is 15.9 Å². The second kappa shape index (κ2) is 5.27. The number of anilines is 2. The van der Waals surface area contributed by atoms with Gasteiger partial charge in [0.1, 0.15) is 0 Å². The second-order valence-electron chi connectivity index (χ2n) is 4.85. The summed E-state index contributed by atoms with van der Waals surface area (Å²) in [6, 6.07) is 13.4. The number of nitrogens with zero attached hydrogens (tertiary/aromatic N) is 1. The number of fused-ring (bicyclic) bond motifs is 1. The number of para-hydroxylation sites is 2. The van der Waals surface area contributed by atoms with Crippen molar-refractivity contribution in [3.05, 3.63) is 58.9 Å². The van der Waals surface area contributed by atoms with Gasteiger partial charge in [-0.2, -0.15) is 0 Å². The lowest BCUT2D eigenvalue weighted by Gasteiger charge is -2.06. The Morgan fingerprint density at radius 3 is 2.41 bits per heavy atom. The summed E-state index contributed by atoms with van der Waals surface area (Å²) in [5, 5.41) is 2.89. The first-order valence-electron chi connectivity index (χ1n) is 6.50. The molecular formula is C15H13N3O3S. The second-order valence-corrected chi connectivity index (χ2v) is 6.87. The molecule has 0 aliphatic carbocycles. The van der Waals surface area contributed by atoms with E-state index >= 15 is 0 Å². The van der Waals surface area contributed by atoms with Crippen molar-refractivity contribution in [2.75, 3.05) is 11.6 Å². The van der Waals surface area contributed by atoms with Gasteiger partial charge in [0.25, 0.3) is 5.56 Å². The van der Waals surface area contributed by atoms with Crippen LogP contribution in [0.4, 0.5) is 11.5 Å². The Balaban J connectivity index is 1.96. The molecule has 0 aliphatic heterocycles. The molecule has 1 heterocycles. The van der Waals surface area contributed by atoms with Crippen LogP contribution in [0.2, 0.25) is 0 Å². The van der Waals surface area contributed by atoms with Crippen LogP contribution in [0.5, 0.6) is 0 Å². The summed E-state index contributed by atoms with van der Waals surface area (Å²) in [6.07, 6.45) is 1.14. The third kappa shape index (κ3) is 2.84.